The number of hydrogen-bond donors (Lipinski definition) is 3. The molecule has 7 nitrogen and oxygen atoms in total. The first kappa shape index (κ1) is 20.1. The highest BCUT2D eigenvalue weighted by Crippen LogP contribution is 2.23. The normalized spacial score (nSPS) is 19.1. The van der Waals surface area contributed by atoms with Crippen molar-refractivity contribution in [2.75, 3.05) is 6.61 Å². The van der Waals surface area contributed by atoms with Gasteiger partial charge in [-0.05, 0) is 55.6 Å². The molecule has 1 fully saturated rings. The summed E-state index contributed by atoms with van der Waals surface area (Å²) in [5, 5.41) is 4.47. The maximum Gasteiger partial charge on any atom is 0.336 e. The number of amides is 1. The van der Waals surface area contributed by atoms with Gasteiger partial charge in [-0.2, -0.15) is 0 Å². The Morgan fingerprint density at radius 2 is 2.04 bits per heavy atom. The third kappa shape index (κ3) is 5.22. The Balaban J connectivity index is 1.47. The van der Waals surface area contributed by atoms with Crippen LogP contribution in [0.3, 0.4) is 0 Å². The van der Waals surface area contributed by atoms with Crippen molar-refractivity contribution in [1.82, 2.24) is 16.2 Å². The minimum atomic E-state index is -0.419. The summed E-state index contributed by atoms with van der Waals surface area (Å²) in [6, 6.07) is 6.89. The van der Waals surface area contributed by atoms with Crippen LogP contribution < -0.4 is 26.5 Å². The summed E-state index contributed by atoms with van der Waals surface area (Å²) in [6.45, 7) is 3.85. The Bertz CT molecular complexity index is 927. The van der Waals surface area contributed by atoms with Crippen molar-refractivity contribution in [3.8, 4) is 5.75 Å². The van der Waals surface area contributed by atoms with Gasteiger partial charge in [0.2, 0.25) is 0 Å². The van der Waals surface area contributed by atoms with Crippen LogP contribution >= 0.6 is 12.2 Å². The molecule has 0 bridgehead atoms. The second-order valence-corrected chi connectivity index (χ2v) is 7.62. The van der Waals surface area contributed by atoms with Crippen LogP contribution in [0.15, 0.2) is 33.5 Å². The fourth-order valence-corrected chi connectivity index (χ4v) is 3.64. The van der Waals surface area contributed by atoms with E-state index in [1.807, 2.05) is 6.92 Å². The topological polar surface area (TPSA) is 92.6 Å². The Labute approximate surface area is 168 Å². The van der Waals surface area contributed by atoms with Gasteiger partial charge in [0.15, 0.2) is 11.7 Å². The van der Waals surface area contributed by atoms with E-state index in [0.29, 0.717) is 28.4 Å². The van der Waals surface area contributed by atoms with E-state index >= 15 is 0 Å². The highest BCUT2D eigenvalue weighted by molar-refractivity contribution is 7.80. The summed E-state index contributed by atoms with van der Waals surface area (Å²) in [4.78, 5) is 23.5. The molecule has 1 aliphatic rings. The number of thiocarbonyl (C=S) groups is 1. The maximum absolute atomic E-state index is 12.0. The molecular formula is C20H25N3O4S. The van der Waals surface area contributed by atoms with Crippen molar-refractivity contribution in [2.24, 2.45) is 5.92 Å². The van der Waals surface area contributed by atoms with E-state index < -0.39 is 5.63 Å². The van der Waals surface area contributed by atoms with E-state index in [2.05, 4.69) is 23.1 Å². The summed E-state index contributed by atoms with van der Waals surface area (Å²) >= 11 is 5.24. The van der Waals surface area contributed by atoms with Gasteiger partial charge >= 0.3 is 5.63 Å². The molecule has 0 spiro atoms. The fraction of sp³-hybridized carbons (Fsp3) is 0.450. The van der Waals surface area contributed by atoms with Gasteiger partial charge in [-0.3, -0.25) is 15.6 Å². The molecule has 3 rings (SSSR count). The number of rotatable bonds is 4. The maximum atomic E-state index is 12.0. The fourth-order valence-electron chi connectivity index (χ4n) is 3.44. The second kappa shape index (κ2) is 9.05. The quantitative estimate of drug-likeness (QED) is 0.410. The van der Waals surface area contributed by atoms with Crippen LogP contribution in [0.4, 0.5) is 0 Å². The number of hydrazine groups is 1. The number of aryl methyl sites for hydroxylation is 1. The van der Waals surface area contributed by atoms with Crippen LogP contribution in [0.5, 0.6) is 5.75 Å². The minimum Gasteiger partial charge on any atom is -0.484 e. The number of nitrogens with one attached hydrogen (secondary N) is 3. The van der Waals surface area contributed by atoms with Gasteiger partial charge in [-0.1, -0.05) is 19.8 Å². The van der Waals surface area contributed by atoms with E-state index in [1.54, 1.807) is 18.2 Å². The summed E-state index contributed by atoms with van der Waals surface area (Å²) in [5.41, 5.74) is 6.07. The van der Waals surface area contributed by atoms with Crippen molar-refractivity contribution in [2.45, 2.75) is 45.6 Å². The van der Waals surface area contributed by atoms with Gasteiger partial charge < -0.3 is 14.5 Å². The Kier molecular flexibility index (Phi) is 6.51. The summed E-state index contributed by atoms with van der Waals surface area (Å²) in [7, 11) is 0. The van der Waals surface area contributed by atoms with Crippen LogP contribution in [-0.2, 0) is 4.79 Å². The molecule has 1 aliphatic carbocycles. The molecule has 1 amide bonds. The third-order valence-corrected chi connectivity index (χ3v) is 5.26. The van der Waals surface area contributed by atoms with Crippen LogP contribution in [0.1, 0.15) is 38.2 Å². The number of carbonyl (C=O) groups excluding carboxylic acids is 1. The molecule has 2 atom stereocenters. The molecule has 1 aromatic heterocycles. The molecule has 2 aromatic rings. The molecule has 1 saturated carbocycles. The molecular weight excluding hydrogens is 378 g/mol. The van der Waals surface area contributed by atoms with Gasteiger partial charge in [0.25, 0.3) is 5.91 Å². The molecule has 8 heteroatoms. The lowest BCUT2D eigenvalue weighted by atomic mass is 9.86. The van der Waals surface area contributed by atoms with Gasteiger partial charge in [0, 0.05) is 23.6 Å². The highest BCUT2D eigenvalue weighted by atomic mass is 32.1. The van der Waals surface area contributed by atoms with Crippen molar-refractivity contribution < 1.29 is 13.9 Å². The van der Waals surface area contributed by atoms with E-state index in [9.17, 15) is 9.59 Å². The second-order valence-electron chi connectivity index (χ2n) is 7.21. The monoisotopic (exact) mass is 403 g/mol. The van der Waals surface area contributed by atoms with Gasteiger partial charge in [0.1, 0.15) is 11.3 Å². The van der Waals surface area contributed by atoms with Crippen LogP contribution in [0.2, 0.25) is 0 Å². The Morgan fingerprint density at radius 3 is 2.82 bits per heavy atom. The third-order valence-electron chi connectivity index (χ3n) is 5.04. The minimum absolute atomic E-state index is 0.197. The Morgan fingerprint density at radius 1 is 1.25 bits per heavy atom. The molecule has 0 saturated heterocycles. The standard InChI is InChI=1S/C20H25N3O4S/c1-12-5-3-4-6-16(12)21-20(28)23-22-18(24)11-26-14-7-8-15-13(2)9-19(25)27-17(15)10-14/h7-10,12,16H,3-6,11H2,1-2H3,(H,22,24)(H2,21,23,28)/t12-,16+/m0/s1. The molecule has 1 aromatic carbocycles. The first-order valence-corrected chi connectivity index (χ1v) is 9.86. The average Bonchev–Trinajstić information content (AvgIpc) is 2.66. The highest BCUT2D eigenvalue weighted by Gasteiger charge is 2.21. The smallest absolute Gasteiger partial charge is 0.336 e. The zero-order valence-electron chi connectivity index (χ0n) is 16.0. The zero-order chi connectivity index (χ0) is 20.1. The van der Waals surface area contributed by atoms with Crippen molar-refractivity contribution in [1.29, 1.82) is 0 Å². The predicted molar refractivity (Wildman–Crippen MR) is 111 cm³/mol. The number of hydrogen-bond acceptors (Lipinski definition) is 5. The number of ether oxygens (including phenoxy) is 1. The largest absolute Gasteiger partial charge is 0.484 e. The molecule has 0 aliphatic heterocycles. The Hall–Kier alpha value is -2.61. The molecule has 0 radical (unpaired) electrons. The lowest BCUT2D eigenvalue weighted by Crippen LogP contribution is -2.52. The summed E-state index contributed by atoms with van der Waals surface area (Å²) < 4.78 is 10.7. The van der Waals surface area contributed by atoms with Crippen LogP contribution in [0, 0.1) is 12.8 Å². The zero-order valence-corrected chi connectivity index (χ0v) is 16.9. The number of benzene rings is 1. The predicted octanol–water partition coefficient (Wildman–Crippen LogP) is 2.55. The molecule has 150 valence electrons. The first-order valence-electron chi connectivity index (χ1n) is 9.45. The van der Waals surface area contributed by atoms with Gasteiger partial charge in [-0.25, -0.2) is 4.79 Å². The van der Waals surface area contributed by atoms with E-state index in [4.69, 9.17) is 21.4 Å². The van der Waals surface area contributed by atoms with E-state index in [0.717, 1.165) is 17.4 Å². The summed E-state index contributed by atoms with van der Waals surface area (Å²) in [5.74, 6) is 0.629. The average molecular weight is 404 g/mol. The van der Waals surface area contributed by atoms with Crippen LogP contribution in [-0.4, -0.2) is 23.7 Å². The van der Waals surface area contributed by atoms with Crippen LogP contribution in [0.25, 0.3) is 11.0 Å². The molecule has 0 unspecified atom stereocenters. The van der Waals surface area contributed by atoms with Gasteiger partial charge in [-0.15, -0.1) is 0 Å². The van der Waals surface area contributed by atoms with Crippen molar-refractivity contribution in [3.05, 3.63) is 40.2 Å². The van der Waals surface area contributed by atoms with Crippen molar-refractivity contribution >= 4 is 34.2 Å². The lowest BCUT2D eigenvalue weighted by Gasteiger charge is -2.30. The molecule has 28 heavy (non-hydrogen) atoms. The number of fused-ring (bicyclic) bond motifs is 1. The van der Waals surface area contributed by atoms with E-state index in [-0.39, 0.29) is 12.5 Å². The molecule has 3 N–H and O–H groups in total. The summed E-state index contributed by atoms with van der Waals surface area (Å²) in [6.07, 6.45) is 4.71. The molecule has 1 heterocycles. The lowest BCUT2D eigenvalue weighted by molar-refractivity contribution is -0.123. The first-order chi connectivity index (χ1) is 13.4. The van der Waals surface area contributed by atoms with E-state index in [1.165, 1.54) is 25.3 Å². The van der Waals surface area contributed by atoms with Crippen molar-refractivity contribution in [3.63, 3.8) is 0 Å². The SMILES string of the molecule is Cc1cc(=O)oc2cc(OCC(=O)NNC(=S)N[C@@H]3CCCC[C@@H]3C)ccc12. The number of carbonyl (C=O) groups is 1. The van der Waals surface area contributed by atoms with Gasteiger partial charge in [0.05, 0.1) is 0 Å².